The molecule has 1 aliphatic rings. The van der Waals surface area contributed by atoms with E-state index in [1.807, 2.05) is 12.1 Å². The summed E-state index contributed by atoms with van der Waals surface area (Å²) >= 11 is 0. The van der Waals surface area contributed by atoms with Crippen molar-refractivity contribution in [2.75, 3.05) is 13.2 Å². The molecule has 3 rings (SSSR count). The van der Waals surface area contributed by atoms with Crippen molar-refractivity contribution < 1.29 is 9.90 Å². The number of H-pyrrole nitrogens is 1. The largest absolute Gasteiger partial charge is 0.395 e. The van der Waals surface area contributed by atoms with Crippen molar-refractivity contribution in [1.29, 1.82) is 0 Å². The molecule has 1 aliphatic heterocycles. The van der Waals surface area contributed by atoms with Gasteiger partial charge in [0.25, 0.3) is 5.91 Å². The lowest BCUT2D eigenvalue weighted by atomic mass is 10.2. The minimum absolute atomic E-state index is 0. The molecule has 0 aliphatic carbocycles. The first-order valence-electron chi connectivity index (χ1n) is 6.16. The van der Waals surface area contributed by atoms with Crippen molar-refractivity contribution in [3.63, 3.8) is 0 Å². The molecule has 0 spiro atoms. The monoisotopic (exact) mass is 343 g/mol. The molecule has 0 fully saturated rings. The van der Waals surface area contributed by atoms with E-state index >= 15 is 0 Å². The maximum atomic E-state index is 11.8. The summed E-state index contributed by atoms with van der Waals surface area (Å²) in [4.78, 5) is 23.2. The number of aliphatic hydroxyl groups excluding tert-OH is 1. The molecule has 0 unspecified atom stereocenters. The summed E-state index contributed by atoms with van der Waals surface area (Å²) in [5.74, 6) is 0.0805. The molecule has 3 heterocycles. The zero-order valence-electron chi connectivity index (χ0n) is 11.4. The fourth-order valence-electron chi connectivity index (χ4n) is 1.97. The van der Waals surface area contributed by atoms with E-state index in [9.17, 15) is 4.79 Å². The highest BCUT2D eigenvalue weighted by Gasteiger charge is 2.19. The minimum Gasteiger partial charge on any atom is -0.395 e. The lowest BCUT2D eigenvalue weighted by molar-refractivity contribution is -0.115. The standard InChI is InChI=1S/C13H13N5O2.2ClH/c19-5-4-15-13-17-10(12(20)18-13)6-8-7-16-11-9(8)2-1-3-14-11;;/h1-3,6-7,19H,4-5H2,(H,14,16)(H2,15,17,18,20);2*1H/b10-6-;;. The molecule has 0 radical (unpaired) electrons. The van der Waals surface area contributed by atoms with Gasteiger partial charge in [0.15, 0.2) is 0 Å². The van der Waals surface area contributed by atoms with Gasteiger partial charge in [-0.1, -0.05) is 0 Å². The number of pyridine rings is 1. The number of aromatic amines is 1. The van der Waals surface area contributed by atoms with Gasteiger partial charge in [0.05, 0.1) is 6.61 Å². The van der Waals surface area contributed by atoms with E-state index in [1.54, 1.807) is 18.5 Å². The van der Waals surface area contributed by atoms with Gasteiger partial charge in [0.2, 0.25) is 5.96 Å². The normalized spacial score (nSPS) is 15.0. The number of nitrogens with zero attached hydrogens (tertiary/aromatic N) is 2. The van der Waals surface area contributed by atoms with Gasteiger partial charge in [0.1, 0.15) is 11.3 Å². The van der Waals surface area contributed by atoms with Crippen LogP contribution in [0.3, 0.4) is 0 Å². The Morgan fingerprint density at radius 2 is 2.18 bits per heavy atom. The number of nitrogens with one attached hydrogen (secondary N) is 3. The van der Waals surface area contributed by atoms with E-state index in [4.69, 9.17) is 5.11 Å². The van der Waals surface area contributed by atoms with E-state index in [-0.39, 0.29) is 37.3 Å². The first-order chi connectivity index (χ1) is 9.78. The average Bonchev–Trinajstić information content (AvgIpc) is 3.02. The van der Waals surface area contributed by atoms with Crippen LogP contribution >= 0.6 is 24.8 Å². The van der Waals surface area contributed by atoms with E-state index in [2.05, 4.69) is 25.6 Å². The third-order valence-corrected chi connectivity index (χ3v) is 2.88. The lowest BCUT2D eigenvalue weighted by Gasteiger charge is -2.00. The first kappa shape index (κ1) is 18.0. The van der Waals surface area contributed by atoms with Gasteiger partial charge in [-0.3, -0.25) is 10.1 Å². The van der Waals surface area contributed by atoms with Crippen LogP contribution in [0, 0.1) is 0 Å². The number of hydrogen-bond acceptors (Lipinski definition) is 5. The van der Waals surface area contributed by atoms with Crippen LogP contribution in [0.5, 0.6) is 0 Å². The SMILES string of the molecule is Cl.Cl.O=C1NC(NCCO)=N/C1=C\c1c[nH]c2ncccc12. The lowest BCUT2D eigenvalue weighted by Crippen LogP contribution is -2.37. The second-order valence-corrected chi connectivity index (χ2v) is 4.24. The molecule has 1 amide bonds. The van der Waals surface area contributed by atoms with Crippen LogP contribution in [0.2, 0.25) is 0 Å². The van der Waals surface area contributed by atoms with Gasteiger partial charge >= 0.3 is 0 Å². The van der Waals surface area contributed by atoms with E-state index in [0.29, 0.717) is 18.2 Å². The quantitative estimate of drug-likeness (QED) is 0.619. The van der Waals surface area contributed by atoms with E-state index in [1.165, 1.54) is 0 Å². The smallest absolute Gasteiger partial charge is 0.276 e. The number of guanidine groups is 1. The molecular formula is C13H15Cl2N5O2. The molecule has 0 saturated carbocycles. The van der Waals surface area contributed by atoms with Crippen molar-refractivity contribution in [3.05, 3.63) is 35.8 Å². The number of carbonyl (C=O) groups is 1. The van der Waals surface area contributed by atoms with E-state index in [0.717, 1.165) is 16.6 Å². The Bertz CT molecular complexity index is 726. The van der Waals surface area contributed by atoms with Crippen molar-refractivity contribution in [1.82, 2.24) is 20.6 Å². The first-order valence-corrected chi connectivity index (χ1v) is 6.16. The molecule has 118 valence electrons. The predicted octanol–water partition coefficient (Wildman–Crippen LogP) is 0.815. The highest BCUT2D eigenvalue weighted by molar-refractivity contribution is 6.14. The Morgan fingerprint density at radius 1 is 1.36 bits per heavy atom. The summed E-state index contributed by atoms with van der Waals surface area (Å²) in [5.41, 5.74) is 1.93. The molecular weight excluding hydrogens is 329 g/mol. The van der Waals surface area contributed by atoms with Gasteiger partial charge < -0.3 is 15.4 Å². The summed E-state index contributed by atoms with van der Waals surface area (Å²) in [6, 6.07) is 3.76. The van der Waals surface area contributed by atoms with Crippen LogP contribution < -0.4 is 10.6 Å². The van der Waals surface area contributed by atoms with Crippen molar-refractivity contribution in [2.24, 2.45) is 4.99 Å². The van der Waals surface area contributed by atoms with Gasteiger partial charge in [-0.05, 0) is 18.2 Å². The number of aliphatic hydroxyl groups is 1. The fraction of sp³-hybridized carbons (Fsp3) is 0.154. The van der Waals surface area contributed by atoms with Crippen molar-refractivity contribution >= 4 is 53.8 Å². The minimum atomic E-state index is -0.274. The molecule has 0 saturated heterocycles. The molecule has 2 aromatic rings. The number of fused-ring (bicyclic) bond motifs is 1. The third-order valence-electron chi connectivity index (χ3n) is 2.88. The Balaban J connectivity index is 0.00000121. The van der Waals surface area contributed by atoms with Crippen LogP contribution in [0.15, 0.2) is 35.2 Å². The third kappa shape index (κ3) is 3.56. The molecule has 4 N–H and O–H groups in total. The molecule has 0 aromatic carbocycles. The second kappa shape index (κ2) is 7.79. The molecule has 2 aromatic heterocycles. The molecule has 0 atom stereocenters. The van der Waals surface area contributed by atoms with Gasteiger partial charge in [0, 0.05) is 29.9 Å². The molecule has 0 bridgehead atoms. The van der Waals surface area contributed by atoms with Crippen LogP contribution in [0.25, 0.3) is 17.1 Å². The average molecular weight is 344 g/mol. The number of halogens is 2. The van der Waals surface area contributed by atoms with Crippen molar-refractivity contribution in [2.45, 2.75) is 0 Å². The maximum absolute atomic E-state index is 11.8. The number of aliphatic imine (C=N–C) groups is 1. The van der Waals surface area contributed by atoms with Crippen LogP contribution in [-0.4, -0.2) is 40.1 Å². The summed E-state index contributed by atoms with van der Waals surface area (Å²) < 4.78 is 0. The topological polar surface area (TPSA) is 102 Å². The summed E-state index contributed by atoms with van der Waals surface area (Å²) in [7, 11) is 0. The van der Waals surface area contributed by atoms with E-state index < -0.39 is 0 Å². The highest BCUT2D eigenvalue weighted by Crippen LogP contribution is 2.20. The van der Waals surface area contributed by atoms with Crippen molar-refractivity contribution in [3.8, 4) is 0 Å². The predicted molar refractivity (Wildman–Crippen MR) is 89.2 cm³/mol. The number of hydrogen-bond donors (Lipinski definition) is 4. The highest BCUT2D eigenvalue weighted by atomic mass is 35.5. The zero-order chi connectivity index (χ0) is 13.9. The number of carbonyl (C=O) groups excluding carboxylic acids is 1. The Labute approximate surface area is 138 Å². The Kier molecular flexibility index (Phi) is 6.36. The van der Waals surface area contributed by atoms with Gasteiger partial charge in [-0.2, -0.15) is 0 Å². The number of aromatic nitrogens is 2. The fourth-order valence-corrected chi connectivity index (χ4v) is 1.97. The van der Waals surface area contributed by atoms with Gasteiger partial charge in [-0.25, -0.2) is 9.98 Å². The van der Waals surface area contributed by atoms with Gasteiger partial charge in [-0.15, -0.1) is 24.8 Å². The maximum Gasteiger partial charge on any atom is 0.276 e. The number of amides is 1. The molecule has 9 heteroatoms. The summed E-state index contributed by atoms with van der Waals surface area (Å²) in [6.07, 6.45) is 5.18. The van der Waals surface area contributed by atoms with Crippen LogP contribution in [0.4, 0.5) is 0 Å². The Morgan fingerprint density at radius 3 is 2.95 bits per heavy atom. The van der Waals surface area contributed by atoms with Crippen LogP contribution in [-0.2, 0) is 4.79 Å². The van der Waals surface area contributed by atoms with Crippen LogP contribution in [0.1, 0.15) is 5.56 Å². The summed E-state index contributed by atoms with van der Waals surface area (Å²) in [6.45, 7) is 0.311. The number of rotatable bonds is 3. The Hall–Kier alpha value is -2.09. The molecule has 7 nitrogen and oxygen atoms in total. The second-order valence-electron chi connectivity index (χ2n) is 4.24. The summed E-state index contributed by atoms with van der Waals surface area (Å²) in [5, 5.41) is 15.1. The zero-order valence-corrected chi connectivity index (χ0v) is 13.0. The molecule has 22 heavy (non-hydrogen) atoms.